The predicted molar refractivity (Wildman–Crippen MR) is 66.5 cm³/mol. The molecule has 1 aromatic heterocycles. The van der Waals surface area contributed by atoms with Crippen LogP contribution in [0.5, 0.6) is 0 Å². The summed E-state index contributed by atoms with van der Waals surface area (Å²) in [7, 11) is 0. The van der Waals surface area contributed by atoms with Crippen molar-refractivity contribution < 1.29 is 0 Å². The van der Waals surface area contributed by atoms with Crippen LogP contribution in [0.2, 0.25) is 0 Å². The first-order valence-electron chi connectivity index (χ1n) is 5.84. The molecular formula is C11H21N5. The van der Waals surface area contributed by atoms with Crippen LogP contribution in [0.1, 0.15) is 20.3 Å². The number of aryl methyl sites for hydroxylation is 1. The highest BCUT2D eigenvalue weighted by Gasteiger charge is 1.94. The van der Waals surface area contributed by atoms with Gasteiger partial charge in [0.2, 0.25) is 0 Å². The van der Waals surface area contributed by atoms with E-state index in [4.69, 9.17) is 0 Å². The summed E-state index contributed by atoms with van der Waals surface area (Å²) < 4.78 is 2.07. The number of rotatable bonds is 6. The average Bonchev–Trinajstić information content (AvgIpc) is 2.78. The lowest BCUT2D eigenvalue weighted by molar-refractivity contribution is 0.647. The fourth-order valence-corrected chi connectivity index (χ4v) is 1.37. The second-order valence-electron chi connectivity index (χ2n) is 3.45. The molecular weight excluding hydrogens is 202 g/mol. The van der Waals surface area contributed by atoms with Crippen molar-refractivity contribution in [2.45, 2.75) is 26.8 Å². The lowest BCUT2D eigenvalue weighted by Crippen LogP contribution is -2.37. The Labute approximate surface area is 97.0 Å². The maximum atomic E-state index is 4.46. The number of hydrogen-bond donors (Lipinski definition) is 2. The van der Waals surface area contributed by atoms with Gasteiger partial charge in [-0.05, 0) is 20.3 Å². The predicted octanol–water partition coefficient (Wildman–Crippen LogP) is 0.848. The van der Waals surface area contributed by atoms with E-state index in [2.05, 4.69) is 39.0 Å². The van der Waals surface area contributed by atoms with Gasteiger partial charge in [0.05, 0.1) is 6.33 Å². The molecule has 5 heteroatoms. The van der Waals surface area contributed by atoms with E-state index in [1.54, 1.807) is 6.20 Å². The van der Waals surface area contributed by atoms with Crippen molar-refractivity contribution in [3.05, 3.63) is 18.7 Å². The van der Waals surface area contributed by atoms with Gasteiger partial charge in [0.15, 0.2) is 5.96 Å². The first-order valence-corrected chi connectivity index (χ1v) is 5.84. The number of imidazole rings is 1. The van der Waals surface area contributed by atoms with Crippen LogP contribution in [0.3, 0.4) is 0 Å². The maximum Gasteiger partial charge on any atom is 0.191 e. The molecule has 0 spiro atoms. The van der Waals surface area contributed by atoms with Gasteiger partial charge in [-0.1, -0.05) is 0 Å². The molecule has 0 amide bonds. The minimum absolute atomic E-state index is 0.827. The Morgan fingerprint density at radius 2 is 2.06 bits per heavy atom. The molecule has 1 rings (SSSR count). The van der Waals surface area contributed by atoms with Crippen LogP contribution in [0, 0.1) is 0 Å². The molecule has 0 saturated heterocycles. The van der Waals surface area contributed by atoms with Crippen molar-refractivity contribution in [2.75, 3.05) is 19.6 Å². The van der Waals surface area contributed by atoms with Crippen molar-refractivity contribution in [1.82, 2.24) is 20.2 Å². The van der Waals surface area contributed by atoms with Gasteiger partial charge < -0.3 is 15.2 Å². The fourth-order valence-electron chi connectivity index (χ4n) is 1.37. The zero-order valence-electron chi connectivity index (χ0n) is 10.1. The first-order chi connectivity index (χ1) is 7.86. The molecule has 1 aromatic rings. The third kappa shape index (κ3) is 4.82. The monoisotopic (exact) mass is 223 g/mol. The second kappa shape index (κ2) is 7.73. The third-order valence-electron chi connectivity index (χ3n) is 2.09. The molecule has 0 saturated carbocycles. The van der Waals surface area contributed by atoms with E-state index in [-0.39, 0.29) is 0 Å². The van der Waals surface area contributed by atoms with Gasteiger partial charge in [0.1, 0.15) is 0 Å². The van der Waals surface area contributed by atoms with E-state index < -0.39 is 0 Å². The smallest absolute Gasteiger partial charge is 0.191 e. The quantitative estimate of drug-likeness (QED) is 0.427. The average molecular weight is 223 g/mol. The van der Waals surface area contributed by atoms with Crippen LogP contribution in [0.4, 0.5) is 0 Å². The summed E-state index contributed by atoms with van der Waals surface area (Å²) in [6, 6.07) is 0. The van der Waals surface area contributed by atoms with E-state index in [9.17, 15) is 0 Å². The zero-order chi connectivity index (χ0) is 11.6. The van der Waals surface area contributed by atoms with Crippen LogP contribution >= 0.6 is 0 Å². The summed E-state index contributed by atoms with van der Waals surface area (Å²) in [4.78, 5) is 8.46. The van der Waals surface area contributed by atoms with Gasteiger partial charge >= 0.3 is 0 Å². The van der Waals surface area contributed by atoms with Gasteiger partial charge in [-0.3, -0.25) is 4.99 Å². The fraction of sp³-hybridized carbons (Fsp3) is 0.636. The van der Waals surface area contributed by atoms with Crippen molar-refractivity contribution in [3.63, 3.8) is 0 Å². The molecule has 0 aliphatic rings. The molecule has 0 unspecified atom stereocenters. The van der Waals surface area contributed by atoms with Crippen LogP contribution in [0.15, 0.2) is 23.7 Å². The molecule has 1 heterocycles. The largest absolute Gasteiger partial charge is 0.357 e. The molecule has 0 aliphatic heterocycles. The summed E-state index contributed by atoms with van der Waals surface area (Å²) in [5.74, 6) is 0.899. The lowest BCUT2D eigenvalue weighted by atomic mass is 10.4. The van der Waals surface area contributed by atoms with Crippen molar-refractivity contribution in [1.29, 1.82) is 0 Å². The lowest BCUT2D eigenvalue weighted by Gasteiger charge is -2.08. The van der Waals surface area contributed by atoms with Gasteiger partial charge in [0, 0.05) is 38.6 Å². The molecule has 0 bridgehead atoms. The standard InChI is InChI=1S/C11H21N5/c1-3-13-11(14-4-2)15-6-5-8-16-9-7-12-10-16/h7,9-10H,3-6,8H2,1-2H3,(H2,13,14,15). The van der Waals surface area contributed by atoms with E-state index in [1.807, 2.05) is 12.5 Å². The number of aromatic nitrogens is 2. The van der Waals surface area contributed by atoms with E-state index >= 15 is 0 Å². The normalized spacial score (nSPS) is 9.88. The van der Waals surface area contributed by atoms with E-state index in [0.717, 1.165) is 38.6 Å². The van der Waals surface area contributed by atoms with Gasteiger partial charge in [0.25, 0.3) is 0 Å². The number of aliphatic imine (C=N–C) groups is 1. The van der Waals surface area contributed by atoms with Crippen molar-refractivity contribution >= 4 is 5.96 Å². The Balaban J connectivity index is 2.22. The number of guanidine groups is 1. The van der Waals surface area contributed by atoms with Crippen LogP contribution < -0.4 is 10.6 Å². The molecule has 0 radical (unpaired) electrons. The zero-order valence-corrected chi connectivity index (χ0v) is 10.1. The minimum Gasteiger partial charge on any atom is -0.357 e. The van der Waals surface area contributed by atoms with Crippen molar-refractivity contribution in [2.24, 2.45) is 4.99 Å². The molecule has 0 atom stereocenters. The Hall–Kier alpha value is -1.52. The van der Waals surface area contributed by atoms with Crippen LogP contribution in [-0.4, -0.2) is 35.1 Å². The molecule has 0 fully saturated rings. The highest BCUT2D eigenvalue weighted by molar-refractivity contribution is 5.79. The molecule has 16 heavy (non-hydrogen) atoms. The van der Waals surface area contributed by atoms with Crippen LogP contribution in [-0.2, 0) is 6.54 Å². The van der Waals surface area contributed by atoms with E-state index in [0.29, 0.717) is 0 Å². The van der Waals surface area contributed by atoms with Crippen molar-refractivity contribution in [3.8, 4) is 0 Å². The highest BCUT2D eigenvalue weighted by atomic mass is 15.2. The number of nitrogens with one attached hydrogen (secondary N) is 2. The summed E-state index contributed by atoms with van der Waals surface area (Å²) in [6.07, 6.45) is 6.63. The van der Waals surface area contributed by atoms with Crippen LogP contribution in [0.25, 0.3) is 0 Å². The summed E-state index contributed by atoms with van der Waals surface area (Å²) in [5, 5.41) is 6.39. The minimum atomic E-state index is 0.827. The summed E-state index contributed by atoms with van der Waals surface area (Å²) in [6.45, 7) is 7.72. The van der Waals surface area contributed by atoms with Gasteiger partial charge in [-0.25, -0.2) is 4.98 Å². The highest BCUT2D eigenvalue weighted by Crippen LogP contribution is 1.90. The van der Waals surface area contributed by atoms with Gasteiger partial charge in [-0.15, -0.1) is 0 Å². The maximum absolute atomic E-state index is 4.46. The number of hydrogen-bond acceptors (Lipinski definition) is 2. The summed E-state index contributed by atoms with van der Waals surface area (Å²) >= 11 is 0. The second-order valence-corrected chi connectivity index (χ2v) is 3.45. The first kappa shape index (κ1) is 12.5. The summed E-state index contributed by atoms with van der Waals surface area (Å²) in [5.41, 5.74) is 0. The molecule has 2 N–H and O–H groups in total. The Morgan fingerprint density at radius 1 is 1.31 bits per heavy atom. The molecule has 0 aromatic carbocycles. The van der Waals surface area contributed by atoms with Gasteiger partial charge in [-0.2, -0.15) is 0 Å². The Kier molecular flexibility index (Phi) is 6.06. The Morgan fingerprint density at radius 3 is 2.62 bits per heavy atom. The third-order valence-corrected chi connectivity index (χ3v) is 2.09. The molecule has 5 nitrogen and oxygen atoms in total. The number of nitrogens with zero attached hydrogens (tertiary/aromatic N) is 3. The molecule has 90 valence electrons. The molecule has 0 aliphatic carbocycles. The Bertz CT molecular complexity index is 283. The topological polar surface area (TPSA) is 54.2 Å². The van der Waals surface area contributed by atoms with E-state index in [1.165, 1.54) is 0 Å². The SMILES string of the molecule is CCNC(=NCCCn1ccnc1)NCC.